The number of nitrogens with zero attached hydrogens (tertiary/aromatic N) is 1. The molecule has 1 aromatic heterocycles. The van der Waals surface area contributed by atoms with Crippen molar-refractivity contribution in [2.75, 3.05) is 18.5 Å². The Labute approximate surface area is 122 Å². The number of thiophene rings is 1. The Morgan fingerprint density at radius 2 is 1.84 bits per heavy atom. The fourth-order valence-electron chi connectivity index (χ4n) is 2.02. The van der Waals surface area contributed by atoms with Gasteiger partial charge in [-0.1, -0.05) is 17.7 Å². The van der Waals surface area contributed by atoms with Gasteiger partial charge < -0.3 is 4.90 Å². The zero-order valence-corrected chi connectivity index (χ0v) is 12.8. The number of hydrogen-bond donors (Lipinski definition) is 0. The second kappa shape index (κ2) is 5.76. The number of rotatable bonds is 4. The molecule has 19 heavy (non-hydrogen) atoms. The summed E-state index contributed by atoms with van der Waals surface area (Å²) in [5.74, 6) is 0.0959. The van der Waals surface area contributed by atoms with Gasteiger partial charge in [0.2, 0.25) is 0 Å². The molecule has 0 unspecified atom stereocenters. The van der Waals surface area contributed by atoms with Crippen LogP contribution in [0.15, 0.2) is 30.3 Å². The van der Waals surface area contributed by atoms with E-state index in [2.05, 4.69) is 32.0 Å². The van der Waals surface area contributed by atoms with E-state index >= 15 is 0 Å². The van der Waals surface area contributed by atoms with Gasteiger partial charge >= 0.3 is 0 Å². The Hall–Kier alpha value is -1.32. The molecule has 0 N–H and O–H groups in total. The van der Waals surface area contributed by atoms with Gasteiger partial charge in [0.05, 0.1) is 15.8 Å². The van der Waals surface area contributed by atoms with Crippen LogP contribution in [0.5, 0.6) is 0 Å². The molecule has 0 spiro atoms. The molecule has 0 aliphatic heterocycles. The van der Waals surface area contributed by atoms with E-state index in [4.69, 9.17) is 11.6 Å². The molecule has 1 heterocycles. The maximum Gasteiger partial charge on any atom is 0.192 e. The molecular formula is C15H16ClNOS. The SMILES string of the molecule is Cc1cc(C)cc(N(C)CC(=O)c2ccc(Cl)s2)c1. The minimum absolute atomic E-state index is 0.0959. The topological polar surface area (TPSA) is 20.3 Å². The minimum atomic E-state index is 0.0959. The Morgan fingerprint density at radius 1 is 1.21 bits per heavy atom. The van der Waals surface area contributed by atoms with E-state index in [9.17, 15) is 4.79 Å². The zero-order valence-electron chi connectivity index (χ0n) is 11.2. The number of halogens is 1. The van der Waals surface area contributed by atoms with Crippen molar-refractivity contribution >= 4 is 34.4 Å². The van der Waals surface area contributed by atoms with Crippen molar-refractivity contribution in [3.05, 3.63) is 50.7 Å². The van der Waals surface area contributed by atoms with Gasteiger partial charge in [-0.25, -0.2) is 0 Å². The Balaban J connectivity index is 2.12. The number of hydrogen-bond acceptors (Lipinski definition) is 3. The van der Waals surface area contributed by atoms with Gasteiger partial charge in [-0.2, -0.15) is 0 Å². The number of carbonyl (C=O) groups excluding carboxylic acids is 1. The number of likely N-dealkylation sites (N-methyl/N-ethyl adjacent to an activating group) is 1. The number of carbonyl (C=O) groups is 1. The lowest BCUT2D eigenvalue weighted by Crippen LogP contribution is -2.25. The van der Waals surface area contributed by atoms with Crippen LogP contribution < -0.4 is 4.90 Å². The van der Waals surface area contributed by atoms with E-state index in [1.165, 1.54) is 22.5 Å². The molecule has 0 aliphatic rings. The monoisotopic (exact) mass is 293 g/mol. The third-order valence-electron chi connectivity index (χ3n) is 2.88. The van der Waals surface area contributed by atoms with Gasteiger partial charge in [0.25, 0.3) is 0 Å². The predicted octanol–water partition coefficient (Wildman–Crippen LogP) is 4.34. The van der Waals surface area contributed by atoms with E-state index in [1.54, 1.807) is 12.1 Å². The maximum absolute atomic E-state index is 12.1. The van der Waals surface area contributed by atoms with E-state index in [0.29, 0.717) is 15.8 Å². The summed E-state index contributed by atoms with van der Waals surface area (Å²) in [6.45, 7) is 4.48. The summed E-state index contributed by atoms with van der Waals surface area (Å²) in [7, 11) is 1.93. The quantitative estimate of drug-likeness (QED) is 0.782. The fourth-order valence-corrected chi connectivity index (χ4v) is 2.99. The van der Waals surface area contributed by atoms with E-state index in [1.807, 2.05) is 11.9 Å². The lowest BCUT2D eigenvalue weighted by atomic mass is 10.1. The van der Waals surface area contributed by atoms with Crippen LogP contribution in [-0.4, -0.2) is 19.4 Å². The first-order valence-electron chi connectivity index (χ1n) is 6.03. The lowest BCUT2D eigenvalue weighted by molar-refractivity contribution is 0.100. The molecule has 100 valence electrons. The average Bonchev–Trinajstić information content (AvgIpc) is 2.74. The molecular weight excluding hydrogens is 278 g/mol. The maximum atomic E-state index is 12.1. The highest BCUT2D eigenvalue weighted by molar-refractivity contribution is 7.18. The molecule has 0 fully saturated rings. The molecule has 2 aromatic rings. The number of aryl methyl sites for hydroxylation is 2. The van der Waals surface area contributed by atoms with Crippen LogP contribution in [0, 0.1) is 13.8 Å². The molecule has 0 amide bonds. The second-order valence-corrected chi connectivity index (χ2v) is 6.44. The van der Waals surface area contributed by atoms with Crippen LogP contribution in [0.3, 0.4) is 0 Å². The third-order valence-corrected chi connectivity index (χ3v) is 4.15. The van der Waals surface area contributed by atoms with Crippen LogP contribution in [0.2, 0.25) is 4.34 Å². The standard InChI is InChI=1S/C15H16ClNOS/c1-10-6-11(2)8-12(7-10)17(3)9-13(18)14-4-5-15(16)19-14/h4-8H,9H2,1-3H3. The van der Waals surface area contributed by atoms with E-state index in [0.717, 1.165) is 5.69 Å². The molecule has 0 saturated heterocycles. The first kappa shape index (κ1) is 14.1. The molecule has 0 aliphatic carbocycles. The van der Waals surface area contributed by atoms with Gasteiger partial charge in [0.15, 0.2) is 5.78 Å². The molecule has 1 aromatic carbocycles. The highest BCUT2D eigenvalue weighted by Crippen LogP contribution is 2.23. The van der Waals surface area contributed by atoms with E-state index < -0.39 is 0 Å². The lowest BCUT2D eigenvalue weighted by Gasteiger charge is -2.19. The Bertz CT molecular complexity index is 586. The van der Waals surface area contributed by atoms with Crippen molar-refractivity contribution in [1.82, 2.24) is 0 Å². The summed E-state index contributed by atoms with van der Waals surface area (Å²) in [5.41, 5.74) is 3.47. The number of Topliss-reactive ketones (excluding diaryl/α,β-unsaturated/α-hetero) is 1. The first-order chi connectivity index (χ1) is 8.95. The smallest absolute Gasteiger partial charge is 0.192 e. The highest BCUT2D eigenvalue weighted by atomic mass is 35.5. The van der Waals surface area contributed by atoms with Crippen LogP contribution in [0.1, 0.15) is 20.8 Å². The molecule has 0 bridgehead atoms. The highest BCUT2D eigenvalue weighted by Gasteiger charge is 2.12. The van der Waals surface area contributed by atoms with Crippen molar-refractivity contribution in [3.63, 3.8) is 0 Å². The van der Waals surface area contributed by atoms with E-state index in [-0.39, 0.29) is 5.78 Å². The van der Waals surface area contributed by atoms with Gasteiger partial charge in [0.1, 0.15) is 0 Å². The van der Waals surface area contributed by atoms with Gasteiger partial charge in [-0.3, -0.25) is 4.79 Å². The van der Waals surface area contributed by atoms with Crippen molar-refractivity contribution in [3.8, 4) is 0 Å². The summed E-state index contributed by atoms with van der Waals surface area (Å²) in [4.78, 5) is 14.8. The van der Waals surface area contributed by atoms with Gasteiger partial charge in [-0.15, -0.1) is 11.3 Å². The molecule has 0 atom stereocenters. The minimum Gasteiger partial charge on any atom is -0.367 e. The summed E-state index contributed by atoms with van der Waals surface area (Å²) in [5, 5.41) is 0. The first-order valence-corrected chi connectivity index (χ1v) is 7.23. The van der Waals surface area contributed by atoms with Crippen molar-refractivity contribution in [2.24, 2.45) is 0 Å². The number of anilines is 1. The normalized spacial score (nSPS) is 10.5. The molecule has 2 rings (SSSR count). The summed E-state index contributed by atoms with van der Waals surface area (Å²) >= 11 is 7.18. The number of ketones is 1. The van der Waals surface area contributed by atoms with Crippen molar-refractivity contribution in [1.29, 1.82) is 0 Å². The summed E-state index contributed by atoms with van der Waals surface area (Å²) < 4.78 is 0.650. The fraction of sp³-hybridized carbons (Fsp3) is 0.267. The molecule has 4 heteroatoms. The van der Waals surface area contributed by atoms with Crippen molar-refractivity contribution in [2.45, 2.75) is 13.8 Å². The second-order valence-electron chi connectivity index (χ2n) is 4.73. The predicted molar refractivity (Wildman–Crippen MR) is 82.8 cm³/mol. The Morgan fingerprint density at radius 3 is 2.37 bits per heavy atom. The largest absolute Gasteiger partial charge is 0.367 e. The summed E-state index contributed by atoms with van der Waals surface area (Å²) in [6.07, 6.45) is 0. The van der Waals surface area contributed by atoms with Crippen LogP contribution >= 0.6 is 22.9 Å². The Kier molecular flexibility index (Phi) is 4.27. The third kappa shape index (κ3) is 3.58. The van der Waals surface area contributed by atoms with Crippen LogP contribution in [0.4, 0.5) is 5.69 Å². The van der Waals surface area contributed by atoms with Gasteiger partial charge in [0, 0.05) is 12.7 Å². The zero-order chi connectivity index (χ0) is 14.0. The molecule has 0 radical (unpaired) electrons. The van der Waals surface area contributed by atoms with Crippen LogP contribution in [-0.2, 0) is 0 Å². The van der Waals surface area contributed by atoms with Crippen LogP contribution in [0.25, 0.3) is 0 Å². The number of benzene rings is 1. The van der Waals surface area contributed by atoms with Crippen molar-refractivity contribution < 1.29 is 4.79 Å². The molecule has 2 nitrogen and oxygen atoms in total. The average molecular weight is 294 g/mol. The summed E-state index contributed by atoms with van der Waals surface area (Å²) in [6, 6.07) is 9.84. The molecule has 0 saturated carbocycles. The van der Waals surface area contributed by atoms with Gasteiger partial charge in [-0.05, 0) is 49.2 Å².